The summed E-state index contributed by atoms with van der Waals surface area (Å²) in [6.45, 7) is 10.5. The molecule has 1 fully saturated rings. The normalized spacial score (nSPS) is 15.9. The predicted octanol–water partition coefficient (Wildman–Crippen LogP) is 0.920. The summed E-state index contributed by atoms with van der Waals surface area (Å²) in [5, 5.41) is 6.79. The van der Waals surface area contributed by atoms with E-state index >= 15 is 0 Å². The molecule has 1 amide bonds. The quantitative estimate of drug-likeness (QED) is 0.511. The molecule has 0 unspecified atom stereocenters. The van der Waals surface area contributed by atoms with E-state index in [0.717, 1.165) is 45.9 Å². The number of morpholine rings is 1. The van der Waals surface area contributed by atoms with Gasteiger partial charge in [0, 0.05) is 52.2 Å². The first-order chi connectivity index (χ1) is 13.4. The summed E-state index contributed by atoms with van der Waals surface area (Å²) < 4.78 is 5.39. The van der Waals surface area contributed by atoms with Crippen molar-refractivity contribution in [2.75, 3.05) is 66.6 Å². The monoisotopic (exact) mass is 389 g/mol. The van der Waals surface area contributed by atoms with Gasteiger partial charge in [0.05, 0.1) is 13.2 Å². The van der Waals surface area contributed by atoms with Crippen LogP contribution in [0.1, 0.15) is 19.4 Å². The number of amides is 1. The highest BCUT2D eigenvalue weighted by Gasteiger charge is 2.21. The van der Waals surface area contributed by atoms with Gasteiger partial charge in [0.15, 0.2) is 5.96 Å². The summed E-state index contributed by atoms with van der Waals surface area (Å²) in [5.41, 5.74) is 1.21. The zero-order valence-corrected chi connectivity index (χ0v) is 17.7. The molecule has 7 heteroatoms. The number of ether oxygens (including phenoxy) is 1. The lowest BCUT2D eigenvalue weighted by molar-refractivity contribution is -0.127. The Morgan fingerprint density at radius 1 is 1.18 bits per heavy atom. The van der Waals surface area contributed by atoms with Crippen LogP contribution < -0.4 is 10.6 Å². The van der Waals surface area contributed by atoms with Gasteiger partial charge in [-0.3, -0.25) is 9.69 Å². The van der Waals surface area contributed by atoms with E-state index in [1.807, 2.05) is 6.07 Å². The molecule has 0 saturated carbocycles. The number of likely N-dealkylation sites (N-methyl/N-ethyl adjacent to an activating group) is 1. The molecule has 7 nitrogen and oxygen atoms in total. The molecular formula is C21H35N5O2. The van der Waals surface area contributed by atoms with Gasteiger partial charge in [-0.25, -0.2) is 4.99 Å². The first-order valence-corrected chi connectivity index (χ1v) is 9.96. The summed E-state index contributed by atoms with van der Waals surface area (Å²) in [4.78, 5) is 20.3. The van der Waals surface area contributed by atoms with Crippen molar-refractivity contribution in [1.82, 2.24) is 20.4 Å². The maximum atomic E-state index is 11.9. The van der Waals surface area contributed by atoms with Crippen molar-refractivity contribution in [2.24, 2.45) is 4.99 Å². The molecule has 2 N–H and O–H groups in total. The van der Waals surface area contributed by atoms with Crippen molar-refractivity contribution in [1.29, 1.82) is 0 Å². The second-order valence-electron chi connectivity index (χ2n) is 7.94. The first-order valence-electron chi connectivity index (χ1n) is 9.96. The van der Waals surface area contributed by atoms with Crippen molar-refractivity contribution in [2.45, 2.75) is 19.3 Å². The van der Waals surface area contributed by atoms with E-state index in [2.05, 4.69) is 58.6 Å². The second-order valence-corrected chi connectivity index (χ2v) is 7.94. The maximum Gasteiger partial charge on any atom is 0.243 e. The summed E-state index contributed by atoms with van der Waals surface area (Å²) in [5.74, 6) is 0.657. The van der Waals surface area contributed by atoms with Crippen LogP contribution in [0.25, 0.3) is 0 Å². The van der Waals surface area contributed by atoms with Gasteiger partial charge in [-0.1, -0.05) is 44.2 Å². The molecule has 0 aromatic heterocycles. The van der Waals surface area contributed by atoms with E-state index in [9.17, 15) is 4.79 Å². The first kappa shape index (κ1) is 22.2. The number of carbonyl (C=O) groups excluding carboxylic acids is 1. The van der Waals surface area contributed by atoms with Crippen LogP contribution in [-0.2, 0) is 14.9 Å². The molecule has 1 saturated heterocycles. The molecular weight excluding hydrogens is 354 g/mol. The number of guanidine groups is 1. The number of aliphatic imine (C=N–C) groups is 1. The fourth-order valence-electron chi connectivity index (χ4n) is 2.92. The Balaban J connectivity index is 1.92. The van der Waals surface area contributed by atoms with Crippen molar-refractivity contribution >= 4 is 11.9 Å². The highest BCUT2D eigenvalue weighted by Crippen LogP contribution is 2.21. The average Bonchev–Trinajstić information content (AvgIpc) is 2.70. The van der Waals surface area contributed by atoms with Crippen LogP contribution in [0.5, 0.6) is 0 Å². The number of hydrogen-bond acceptors (Lipinski definition) is 4. The lowest BCUT2D eigenvalue weighted by Crippen LogP contribution is -2.47. The number of benzene rings is 1. The zero-order chi connectivity index (χ0) is 20.4. The molecule has 1 aliphatic heterocycles. The Kier molecular flexibility index (Phi) is 8.73. The minimum atomic E-state index is -0.0561. The zero-order valence-electron chi connectivity index (χ0n) is 17.7. The van der Waals surface area contributed by atoms with Crippen molar-refractivity contribution < 1.29 is 9.53 Å². The Morgan fingerprint density at radius 2 is 1.86 bits per heavy atom. The van der Waals surface area contributed by atoms with Gasteiger partial charge in [0.25, 0.3) is 0 Å². The van der Waals surface area contributed by atoms with E-state index < -0.39 is 0 Å². The van der Waals surface area contributed by atoms with Gasteiger partial charge in [0.2, 0.25) is 5.91 Å². The van der Waals surface area contributed by atoms with E-state index in [1.165, 1.54) is 5.56 Å². The lowest BCUT2D eigenvalue weighted by Gasteiger charge is -2.28. The lowest BCUT2D eigenvalue weighted by atomic mass is 9.85. The second kappa shape index (κ2) is 11.0. The Morgan fingerprint density at radius 3 is 2.50 bits per heavy atom. The smallest absolute Gasteiger partial charge is 0.243 e. The molecule has 1 aromatic carbocycles. The van der Waals surface area contributed by atoms with Crippen molar-refractivity contribution in [3.63, 3.8) is 0 Å². The standard InChI is InChI=1S/C21H35N5O2/c1-21(2,18-8-6-5-7-9-18)17-24-20(23-16-19(27)25(3)4)22-10-11-26-12-14-28-15-13-26/h5-9H,10-17H2,1-4H3,(H2,22,23,24). The van der Waals surface area contributed by atoms with Gasteiger partial charge in [-0.15, -0.1) is 0 Å². The van der Waals surface area contributed by atoms with Gasteiger partial charge in [0.1, 0.15) is 6.54 Å². The van der Waals surface area contributed by atoms with E-state index in [1.54, 1.807) is 19.0 Å². The van der Waals surface area contributed by atoms with E-state index in [0.29, 0.717) is 5.96 Å². The third-order valence-electron chi connectivity index (χ3n) is 4.95. The Hall–Kier alpha value is -2.12. The SMILES string of the molecule is CN(C)C(=O)CN=C(NCCN1CCOCC1)NCC(C)(C)c1ccccc1. The van der Waals surface area contributed by atoms with Gasteiger partial charge < -0.3 is 20.3 Å². The minimum absolute atomic E-state index is 0.0170. The van der Waals surface area contributed by atoms with Crippen LogP contribution in [0, 0.1) is 0 Å². The van der Waals surface area contributed by atoms with Gasteiger partial charge in [-0.2, -0.15) is 0 Å². The largest absolute Gasteiger partial charge is 0.379 e. The van der Waals surface area contributed by atoms with Crippen LogP contribution >= 0.6 is 0 Å². The van der Waals surface area contributed by atoms with Crippen LogP contribution in [0.3, 0.4) is 0 Å². The average molecular weight is 390 g/mol. The summed E-state index contributed by atoms with van der Waals surface area (Å²) in [6, 6.07) is 10.4. The molecule has 0 radical (unpaired) electrons. The Labute approximate surface area is 169 Å². The highest BCUT2D eigenvalue weighted by atomic mass is 16.5. The molecule has 0 spiro atoms. The topological polar surface area (TPSA) is 69.2 Å². The molecule has 1 aliphatic rings. The number of nitrogens with one attached hydrogen (secondary N) is 2. The molecule has 1 aromatic rings. The summed E-state index contributed by atoms with van der Waals surface area (Å²) >= 11 is 0. The number of hydrogen-bond donors (Lipinski definition) is 2. The number of carbonyl (C=O) groups is 1. The molecule has 2 rings (SSSR count). The minimum Gasteiger partial charge on any atom is -0.379 e. The number of nitrogens with zero attached hydrogens (tertiary/aromatic N) is 3. The maximum absolute atomic E-state index is 11.9. The predicted molar refractivity (Wildman–Crippen MR) is 114 cm³/mol. The molecule has 0 bridgehead atoms. The van der Waals surface area contributed by atoms with Crippen molar-refractivity contribution in [3.8, 4) is 0 Å². The van der Waals surface area contributed by atoms with Crippen LogP contribution in [0.4, 0.5) is 0 Å². The Bertz CT molecular complexity index is 625. The molecule has 156 valence electrons. The van der Waals surface area contributed by atoms with Crippen molar-refractivity contribution in [3.05, 3.63) is 35.9 Å². The summed E-state index contributed by atoms with van der Waals surface area (Å²) in [6.07, 6.45) is 0. The number of rotatable bonds is 8. The van der Waals surface area contributed by atoms with Crippen LogP contribution in [0.15, 0.2) is 35.3 Å². The molecule has 1 heterocycles. The molecule has 0 aliphatic carbocycles. The third kappa shape index (κ3) is 7.48. The van der Waals surface area contributed by atoms with Crippen LogP contribution in [-0.4, -0.2) is 88.2 Å². The van der Waals surface area contributed by atoms with E-state index in [-0.39, 0.29) is 17.9 Å². The van der Waals surface area contributed by atoms with Gasteiger partial charge >= 0.3 is 0 Å². The fraction of sp³-hybridized carbons (Fsp3) is 0.619. The molecule has 0 atom stereocenters. The van der Waals surface area contributed by atoms with Gasteiger partial charge in [-0.05, 0) is 5.56 Å². The van der Waals surface area contributed by atoms with Crippen LogP contribution in [0.2, 0.25) is 0 Å². The van der Waals surface area contributed by atoms with E-state index in [4.69, 9.17) is 4.74 Å². The highest BCUT2D eigenvalue weighted by molar-refractivity contribution is 5.84. The molecule has 28 heavy (non-hydrogen) atoms. The fourth-order valence-corrected chi connectivity index (χ4v) is 2.92. The third-order valence-corrected chi connectivity index (χ3v) is 4.95. The summed E-state index contributed by atoms with van der Waals surface area (Å²) in [7, 11) is 3.49.